The Morgan fingerprint density at radius 3 is 1.16 bits per heavy atom. The highest BCUT2D eigenvalue weighted by molar-refractivity contribution is 6.00. The van der Waals surface area contributed by atoms with Crippen LogP contribution in [-0.2, 0) is 96.0 Å². The molecule has 0 bridgehead atoms. The van der Waals surface area contributed by atoms with Gasteiger partial charge >= 0.3 is 11.9 Å². The summed E-state index contributed by atoms with van der Waals surface area (Å²) in [6.07, 6.45) is 0.571. The third-order valence-corrected chi connectivity index (χ3v) is 17.4. The van der Waals surface area contributed by atoms with E-state index in [1.54, 1.807) is 99.6 Å². The largest absolute Gasteiger partial charge is 0.481 e. The van der Waals surface area contributed by atoms with Gasteiger partial charge in [-0.05, 0) is 81.1 Å². The summed E-state index contributed by atoms with van der Waals surface area (Å²) < 4.78 is 0. The van der Waals surface area contributed by atoms with Crippen LogP contribution in [0.1, 0.15) is 158 Å². The summed E-state index contributed by atoms with van der Waals surface area (Å²) >= 11 is 0. The second kappa shape index (κ2) is 45.7. The fourth-order valence-electron chi connectivity index (χ4n) is 11.2. The lowest BCUT2D eigenvalue weighted by Gasteiger charge is -2.30. The van der Waals surface area contributed by atoms with E-state index < -0.39 is 210 Å². The molecule has 2 heterocycles. The van der Waals surface area contributed by atoms with Crippen LogP contribution >= 0.6 is 0 Å². The number of nitrogens with one attached hydrogen (secondary N) is 14. The van der Waals surface area contributed by atoms with Crippen molar-refractivity contribution < 1.29 is 92.0 Å². The number of nitrogens with two attached hydrogens (primary N) is 3. The molecule has 38 heteroatoms. The molecule has 14 amide bonds. The number of aromatic nitrogens is 4. The summed E-state index contributed by atoms with van der Waals surface area (Å²) in [4.78, 5) is 231. The van der Waals surface area contributed by atoms with Crippen molar-refractivity contribution in [1.29, 1.82) is 0 Å². The number of H-pyrrole nitrogens is 2. The molecule has 23 N–H and O–H groups in total. The van der Waals surface area contributed by atoms with Gasteiger partial charge in [-0.2, -0.15) is 0 Å². The minimum absolute atomic E-state index is 0.00303. The summed E-state index contributed by atoms with van der Waals surface area (Å²) in [6, 6.07) is -11.2. The monoisotopic (exact) mass is 1530 g/mol. The van der Waals surface area contributed by atoms with Crippen LogP contribution in [0, 0.1) is 29.6 Å². The lowest BCUT2D eigenvalue weighted by Crippen LogP contribution is -2.63. The molecule has 0 saturated heterocycles. The fourth-order valence-corrected chi connectivity index (χ4v) is 11.2. The van der Waals surface area contributed by atoms with E-state index in [1.807, 2.05) is 0 Å². The number of carboxylic acids is 2. The van der Waals surface area contributed by atoms with Crippen molar-refractivity contribution in [1.82, 2.24) is 83.7 Å². The van der Waals surface area contributed by atoms with Crippen molar-refractivity contribution in [3.8, 4) is 0 Å². The number of carbonyl (C=O) groups excluding carboxylic acids is 14. The third-order valence-electron chi connectivity index (χ3n) is 17.4. The molecule has 0 fully saturated rings. The van der Waals surface area contributed by atoms with Gasteiger partial charge in [0.1, 0.15) is 72.5 Å². The Labute approximate surface area is 632 Å². The topological polar surface area (TPSA) is 614 Å². The molecule has 38 nitrogen and oxygen atoms in total. The summed E-state index contributed by atoms with van der Waals surface area (Å²) in [5, 5.41) is 60.7. The Hall–Kier alpha value is -10.9. The summed E-state index contributed by atoms with van der Waals surface area (Å²) in [5.74, 6) is -18.1. The summed E-state index contributed by atoms with van der Waals surface area (Å²) in [5.41, 5.74) is 17.8. The Balaban J connectivity index is 1.90. The first kappa shape index (κ1) is 92.3. The number of primary amides is 2. The lowest BCUT2D eigenvalue weighted by atomic mass is 9.97. The maximum Gasteiger partial charge on any atom is 0.326 e. The van der Waals surface area contributed by atoms with Crippen LogP contribution in [0.5, 0.6) is 0 Å². The van der Waals surface area contributed by atoms with Gasteiger partial charge in [0.2, 0.25) is 82.7 Å². The van der Waals surface area contributed by atoms with Gasteiger partial charge in [0.15, 0.2) is 0 Å². The Bertz CT molecular complexity index is 3560. The fraction of sp³-hybridized carbons (Fsp3) is 0.606. The van der Waals surface area contributed by atoms with Gasteiger partial charge in [0.25, 0.3) is 0 Å². The number of rotatable bonds is 49. The molecule has 0 spiro atoms. The molecule has 604 valence electrons. The van der Waals surface area contributed by atoms with E-state index in [2.05, 4.69) is 83.7 Å². The Morgan fingerprint density at radius 1 is 0.422 bits per heavy atom. The molecule has 2 aromatic heterocycles. The van der Waals surface area contributed by atoms with Crippen molar-refractivity contribution in [2.45, 2.75) is 245 Å². The third kappa shape index (κ3) is 33.0. The number of aliphatic carboxylic acids is 2. The maximum atomic E-state index is 14.6. The van der Waals surface area contributed by atoms with E-state index in [1.165, 1.54) is 38.9 Å². The minimum atomic E-state index is -1.84. The van der Waals surface area contributed by atoms with Crippen LogP contribution in [0.25, 0.3) is 0 Å². The molecule has 0 saturated carbocycles. The number of hydrogen-bond acceptors (Lipinski definition) is 20. The van der Waals surface area contributed by atoms with Gasteiger partial charge in [-0.15, -0.1) is 0 Å². The maximum absolute atomic E-state index is 14.6. The number of carbonyl (C=O) groups is 16. The number of imidazole rings is 2. The number of benzene rings is 1. The highest BCUT2D eigenvalue weighted by Crippen LogP contribution is 2.16. The number of aliphatic hydroxyl groups excluding tert-OH is 1. The first-order valence-corrected chi connectivity index (χ1v) is 36.2. The van der Waals surface area contributed by atoms with Gasteiger partial charge in [0, 0.05) is 55.9 Å². The van der Waals surface area contributed by atoms with E-state index in [9.17, 15) is 92.0 Å². The zero-order valence-electron chi connectivity index (χ0n) is 63.7. The van der Waals surface area contributed by atoms with Crippen LogP contribution in [0.4, 0.5) is 0 Å². The van der Waals surface area contributed by atoms with E-state index in [4.69, 9.17) is 17.2 Å². The Morgan fingerprint density at radius 2 is 0.771 bits per heavy atom. The van der Waals surface area contributed by atoms with E-state index in [0.717, 1.165) is 0 Å². The molecule has 0 aliphatic heterocycles. The van der Waals surface area contributed by atoms with Crippen molar-refractivity contribution >= 4 is 94.6 Å². The van der Waals surface area contributed by atoms with Gasteiger partial charge < -0.3 is 106 Å². The van der Waals surface area contributed by atoms with Gasteiger partial charge in [-0.25, -0.2) is 14.8 Å². The summed E-state index contributed by atoms with van der Waals surface area (Å²) in [6.45, 7) is 19.3. The molecule has 15 atom stereocenters. The zero-order valence-corrected chi connectivity index (χ0v) is 63.7. The van der Waals surface area contributed by atoms with E-state index in [0.29, 0.717) is 11.3 Å². The first-order valence-electron chi connectivity index (χ1n) is 36.2. The molecule has 109 heavy (non-hydrogen) atoms. The van der Waals surface area contributed by atoms with Crippen LogP contribution in [0.15, 0.2) is 55.4 Å². The number of nitrogens with zero attached hydrogens (tertiary/aromatic N) is 2. The number of hydrogen-bond donors (Lipinski definition) is 20. The molecule has 1 aromatic carbocycles. The standard InChI is InChI=1S/C71H111N19O19/c1-13-38(10)57(89-59(96)39(11)79-61(98)45(19-21-53(73)92)80-67(104)51(27-42-30-75-32-77-42)85-66(103)50(26-41-17-15-14-16-18-41)82-60(97)44(72)29-55(94)95)69(106)87-52(28-43-31-76-33-78-43)68(105)90-58(40(12)91)70(107)86-49(25-36(6)7)65(102)84-48(24-35(4)5)64(101)83-47(23-34(2)3)63(100)81-46(20-22-54(74)93)62(99)88-56(37(8)9)71(108)109/h14-18,30-40,44-52,56-58,91H,13,19-29,72H2,1-12H3,(H2,73,92)(H2,74,93)(H,75,77)(H,76,78)(H,79,98)(H,80,104)(H,81,100)(H,82,97)(H,83,101)(H,84,102)(H,85,103)(H,86,107)(H,87,106)(H,88,99)(H,89,96)(H,90,105)(H,94,95)(H,108,109)/t38-,39-,40+,44-,45-,46-,47-,48-,49-,50-,51-,52-,56-,57-,58-/m0/s1. The number of aliphatic hydroxyl groups is 1. The predicted molar refractivity (Wildman–Crippen MR) is 393 cm³/mol. The first-order chi connectivity index (χ1) is 51.1. The van der Waals surface area contributed by atoms with Crippen LogP contribution in [-0.4, -0.2) is 215 Å². The number of carboxylic acid groups (broad SMARTS) is 2. The highest BCUT2D eigenvalue weighted by Gasteiger charge is 2.40. The van der Waals surface area contributed by atoms with Crippen molar-refractivity contribution in [2.24, 2.45) is 46.8 Å². The molecule has 0 aliphatic rings. The van der Waals surface area contributed by atoms with Crippen molar-refractivity contribution in [3.63, 3.8) is 0 Å². The lowest BCUT2D eigenvalue weighted by molar-refractivity contribution is -0.143. The second-order valence-corrected chi connectivity index (χ2v) is 28.7. The molecule has 3 aromatic rings. The van der Waals surface area contributed by atoms with Gasteiger partial charge in [0.05, 0.1) is 31.2 Å². The molecule has 0 aliphatic carbocycles. The minimum Gasteiger partial charge on any atom is -0.481 e. The molecular weight excluding hydrogens is 1420 g/mol. The number of aromatic amines is 2. The molecule has 0 radical (unpaired) electrons. The second-order valence-electron chi connectivity index (χ2n) is 28.7. The smallest absolute Gasteiger partial charge is 0.326 e. The zero-order chi connectivity index (χ0) is 82.1. The van der Waals surface area contributed by atoms with Crippen LogP contribution < -0.4 is 81.0 Å². The average molecular weight is 1530 g/mol. The summed E-state index contributed by atoms with van der Waals surface area (Å²) in [7, 11) is 0. The van der Waals surface area contributed by atoms with E-state index in [-0.39, 0.29) is 81.2 Å². The van der Waals surface area contributed by atoms with Crippen molar-refractivity contribution in [3.05, 3.63) is 72.3 Å². The SMILES string of the molecule is CC[C@H](C)[C@H](NC(=O)[C@H](C)NC(=O)[C@H](CCC(N)=O)NC(=O)[C@H](Cc1cnc[nH]1)NC(=O)[C@H](Cc1ccccc1)NC(=O)[C@@H](N)CC(=O)O)C(=O)N[C@@H](Cc1cnc[nH]1)C(=O)N[C@H](C(=O)N[C@@H](CC(C)C)C(=O)N[C@@H](CC(C)C)C(=O)N[C@@H](CC(C)C)C(=O)N[C@@H](CCC(N)=O)C(=O)N[C@H](C(=O)O)C(C)C)[C@@H](C)O. The average Bonchev–Trinajstić information content (AvgIpc) is 1.76. The molecule has 0 unspecified atom stereocenters. The van der Waals surface area contributed by atoms with Gasteiger partial charge in [-0.1, -0.05) is 106 Å². The molecular formula is C71H111N19O19. The Kier molecular flexibility index (Phi) is 38.7. The van der Waals surface area contributed by atoms with Gasteiger partial charge in [-0.3, -0.25) is 71.9 Å². The predicted octanol–water partition coefficient (Wildman–Crippen LogP) is -3.36. The normalized spacial score (nSPS) is 15.5. The van der Waals surface area contributed by atoms with Crippen LogP contribution in [0.2, 0.25) is 0 Å². The van der Waals surface area contributed by atoms with Crippen LogP contribution in [0.3, 0.4) is 0 Å². The van der Waals surface area contributed by atoms with Crippen molar-refractivity contribution in [2.75, 3.05) is 0 Å². The molecule has 3 rings (SSSR count). The highest BCUT2D eigenvalue weighted by atomic mass is 16.4. The van der Waals surface area contributed by atoms with E-state index >= 15 is 0 Å². The number of amides is 14. The quantitative estimate of drug-likeness (QED) is 0.0262.